The smallest absolute Gasteiger partial charge is 0.341 e. The summed E-state index contributed by atoms with van der Waals surface area (Å²) in [7, 11) is 0. The Morgan fingerprint density at radius 3 is 3.00 bits per heavy atom. The van der Waals surface area contributed by atoms with E-state index in [1.165, 1.54) is 0 Å². The summed E-state index contributed by atoms with van der Waals surface area (Å²) in [5.41, 5.74) is 3.57. The van der Waals surface area contributed by atoms with E-state index in [9.17, 15) is 4.79 Å². The number of ether oxygens (including phenoxy) is 1. The molecule has 0 bridgehead atoms. The van der Waals surface area contributed by atoms with Crippen LogP contribution in [0.4, 0.5) is 0 Å². The molecule has 0 saturated carbocycles. The summed E-state index contributed by atoms with van der Waals surface area (Å²) in [6.45, 7) is 5.79. The number of hydrogen-bond acceptors (Lipinski definition) is 4. The zero-order chi connectivity index (χ0) is 15.0. The number of esters is 1. The Balaban J connectivity index is 2.10. The predicted molar refractivity (Wildman–Crippen MR) is 78.6 cm³/mol. The third-order valence-corrected chi connectivity index (χ3v) is 3.40. The Morgan fingerprint density at radius 1 is 1.43 bits per heavy atom. The van der Waals surface area contributed by atoms with Gasteiger partial charge in [0.05, 0.1) is 29.9 Å². The van der Waals surface area contributed by atoms with Gasteiger partial charge in [0.25, 0.3) is 0 Å². The van der Waals surface area contributed by atoms with Gasteiger partial charge in [-0.3, -0.25) is 0 Å². The fourth-order valence-electron chi connectivity index (χ4n) is 2.44. The molecule has 3 aromatic rings. The molecule has 21 heavy (non-hydrogen) atoms. The van der Waals surface area contributed by atoms with E-state index in [2.05, 4.69) is 15.1 Å². The molecular formula is C15H16N4O2. The Kier molecular flexibility index (Phi) is 3.21. The molecule has 6 heteroatoms. The van der Waals surface area contributed by atoms with E-state index in [-0.39, 0.29) is 5.97 Å². The number of hydrogen-bond donors (Lipinski definition) is 1. The van der Waals surface area contributed by atoms with Crippen molar-refractivity contribution in [1.29, 1.82) is 0 Å². The molecule has 108 valence electrons. The molecule has 0 saturated heterocycles. The molecule has 0 unspecified atom stereocenters. The molecule has 0 atom stereocenters. The van der Waals surface area contributed by atoms with Crippen LogP contribution in [-0.2, 0) is 4.74 Å². The lowest BCUT2D eigenvalue weighted by Crippen LogP contribution is -2.07. The first-order valence-electron chi connectivity index (χ1n) is 6.78. The van der Waals surface area contributed by atoms with Crippen LogP contribution in [0, 0.1) is 13.8 Å². The van der Waals surface area contributed by atoms with E-state index >= 15 is 0 Å². The number of nitrogens with zero attached hydrogens (tertiary/aromatic N) is 3. The molecule has 0 aliphatic rings. The lowest BCUT2D eigenvalue weighted by molar-refractivity contribution is 0.0524. The molecule has 1 N–H and O–H groups in total. The number of H-pyrrole nitrogens is 1. The van der Waals surface area contributed by atoms with Gasteiger partial charge in [-0.25, -0.2) is 14.5 Å². The first-order chi connectivity index (χ1) is 10.1. The standard InChI is InChI=1S/C15H16N4O2/c1-4-21-15(20)13-9(2)18-19(10(13)3)12-7-11-5-6-16-14(11)17-8-12/h5-8H,4H2,1-3H3,(H,16,17). The number of nitrogens with one attached hydrogen (secondary N) is 1. The van der Waals surface area contributed by atoms with Crippen LogP contribution in [0.2, 0.25) is 0 Å². The van der Waals surface area contributed by atoms with Crippen LogP contribution >= 0.6 is 0 Å². The second kappa shape index (κ2) is 5.05. The van der Waals surface area contributed by atoms with Crippen LogP contribution in [0.5, 0.6) is 0 Å². The minimum atomic E-state index is -0.338. The van der Waals surface area contributed by atoms with Gasteiger partial charge < -0.3 is 9.72 Å². The van der Waals surface area contributed by atoms with Gasteiger partial charge in [0.1, 0.15) is 11.2 Å². The van der Waals surface area contributed by atoms with Gasteiger partial charge in [-0.15, -0.1) is 0 Å². The lowest BCUT2D eigenvalue weighted by atomic mass is 10.2. The fourth-order valence-corrected chi connectivity index (χ4v) is 2.44. The molecule has 3 heterocycles. The lowest BCUT2D eigenvalue weighted by Gasteiger charge is -2.05. The van der Waals surface area contributed by atoms with Crippen LogP contribution < -0.4 is 0 Å². The summed E-state index contributed by atoms with van der Waals surface area (Å²) in [5.74, 6) is -0.338. The van der Waals surface area contributed by atoms with Crippen LogP contribution in [0.3, 0.4) is 0 Å². The normalized spacial score (nSPS) is 11.0. The number of rotatable bonds is 3. The Morgan fingerprint density at radius 2 is 2.24 bits per heavy atom. The highest BCUT2D eigenvalue weighted by atomic mass is 16.5. The number of fused-ring (bicyclic) bond motifs is 1. The van der Waals surface area contributed by atoms with Crippen LogP contribution in [0.15, 0.2) is 24.5 Å². The van der Waals surface area contributed by atoms with Gasteiger partial charge >= 0.3 is 5.97 Å². The number of pyridine rings is 1. The maximum Gasteiger partial charge on any atom is 0.341 e. The maximum absolute atomic E-state index is 12.0. The number of carbonyl (C=O) groups is 1. The SMILES string of the molecule is CCOC(=O)c1c(C)nn(-c2cnc3[nH]ccc3c2)c1C. The van der Waals surface area contributed by atoms with E-state index in [4.69, 9.17) is 4.74 Å². The predicted octanol–water partition coefficient (Wildman–Crippen LogP) is 2.54. The summed E-state index contributed by atoms with van der Waals surface area (Å²) in [6.07, 6.45) is 3.57. The van der Waals surface area contributed by atoms with E-state index in [1.807, 2.05) is 25.3 Å². The first kappa shape index (κ1) is 13.4. The van der Waals surface area contributed by atoms with Gasteiger partial charge in [-0.2, -0.15) is 5.10 Å². The van der Waals surface area contributed by atoms with E-state index < -0.39 is 0 Å². The largest absolute Gasteiger partial charge is 0.462 e. The number of aryl methyl sites for hydroxylation is 1. The quantitative estimate of drug-likeness (QED) is 0.750. The van der Waals surface area contributed by atoms with Crippen molar-refractivity contribution in [3.8, 4) is 5.69 Å². The third kappa shape index (κ3) is 2.18. The van der Waals surface area contributed by atoms with Gasteiger partial charge in [0.15, 0.2) is 0 Å². The fraction of sp³-hybridized carbons (Fsp3) is 0.267. The van der Waals surface area contributed by atoms with Gasteiger partial charge in [0.2, 0.25) is 0 Å². The van der Waals surface area contributed by atoms with Crippen LogP contribution in [-0.4, -0.2) is 32.3 Å². The second-order valence-electron chi connectivity index (χ2n) is 4.79. The molecule has 0 spiro atoms. The third-order valence-electron chi connectivity index (χ3n) is 3.40. The number of carbonyl (C=O) groups excluding carboxylic acids is 1. The summed E-state index contributed by atoms with van der Waals surface area (Å²) in [4.78, 5) is 19.4. The zero-order valence-corrected chi connectivity index (χ0v) is 12.2. The summed E-state index contributed by atoms with van der Waals surface area (Å²) < 4.78 is 6.81. The minimum absolute atomic E-state index is 0.338. The molecule has 0 amide bonds. The van der Waals surface area contributed by atoms with Crippen molar-refractivity contribution in [3.05, 3.63) is 41.5 Å². The summed E-state index contributed by atoms with van der Waals surface area (Å²) in [6, 6.07) is 3.93. The van der Waals surface area contributed by atoms with Crippen molar-refractivity contribution in [2.24, 2.45) is 0 Å². The Labute approximate surface area is 121 Å². The van der Waals surface area contributed by atoms with Crippen molar-refractivity contribution in [2.75, 3.05) is 6.61 Å². The second-order valence-corrected chi connectivity index (χ2v) is 4.79. The summed E-state index contributed by atoms with van der Waals surface area (Å²) >= 11 is 0. The van der Waals surface area contributed by atoms with Crippen LogP contribution in [0.25, 0.3) is 16.7 Å². The van der Waals surface area contributed by atoms with Gasteiger partial charge in [0, 0.05) is 11.6 Å². The highest BCUT2D eigenvalue weighted by molar-refractivity contribution is 5.92. The average molecular weight is 284 g/mol. The number of aromatic nitrogens is 4. The van der Waals surface area contributed by atoms with Crippen molar-refractivity contribution in [2.45, 2.75) is 20.8 Å². The van der Waals surface area contributed by atoms with E-state index in [0.717, 1.165) is 22.4 Å². The van der Waals surface area contributed by atoms with Crippen LogP contribution in [0.1, 0.15) is 28.7 Å². The molecule has 0 fully saturated rings. The van der Waals surface area contributed by atoms with Crippen molar-refractivity contribution >= 4 is 17.0 Å². The van der Waals surface area contributed by atoms with Gasteiger partial charge in [-0.1, -0.05) is 0 Å². The van der Waals surface area contributed by atoms with Crippen molar-refractivity contribution in [1.82, 2.24) is 19.7 Å². The summed E-state index contributed by atoms with van der Waals surface area (Å²) in [5, 5.41) is 5.44. The molecule has 3 aromatic heterocycles. The number of aromatic amines is 1. The Bertz CT molecular complexity index is 816. The van der Waals surface area contributed by atoms with E-state index in [0.29, 0.717) is 17.9 Å². The molecule has 6 nitrogen and oxygen atoms in total. The zero-order valence-electron chi connectivity index (χ0n) is 12.2. The Hall–Kier alpha value is -2.63. The molecular weight excluding hydrogens is 268 g/mol. The van der Waals surface area contributed by atoms with E-state index in [1.54, 1.807) is 24.7 Å². The van der Waals surface area contributed by atoms with Crippen molar-refractivity contribution < 1.29 is 9.53 Å². The van der Waals surface area contributed by atoms with Gasteiger partial charge in [-0.05, 0) is 32.9 Å². The first-order valence-corrected chi connectivity index (χ1v) is 6.78. The molecule has 0 aromatic carbocycles. The minimum Gasteiger partial charge on any atom is -0.462 e. The monoisotopic (exact) mass is 284 g/mol. The highest BCUT2D eigenvalue weighted by Crippen LogP contribution is 2.20. The average Bonchev–Trinajstić information content (AvgIpc) is 3.02. The molecule has 0 aliphatic heterocycles. The van der Waals surface area contributed by atoms with Crippen molar-refractivity contribution in [3.63, 3.8) is 0 Å². The molecule has 3 rings (SSSR count). The molecule has 0 aliphatic carbocycles. The molecule has 0 radical (unpaired) electrons. The maximum atomic E-state index is 12.0. The highest BCUT2D eigenvalue weighted by Gasteiger charge is 2.20. The topological polar surface area (TPSA) is 72.8 Å².